The van der Waals surface area contributed by atoms with Crippen molar-refractivity contribution in [2.75, 3.05) is 13.2 Å². The molecule has 1 N–H and O–H groups in total. The van der Waals surface area contributed by atoms with E-state index in [9.17, 15) is 0 Å². The summed E-state index contributed by atoms with van der Waals surface area (Å²) in [5.41, 5.74) is 2.01. The fourth-order valence-electron chi connectivity index (χ4n) is 1.98. The van der Waals surface area contributed by atoms with Crippen LogP contribution < -0.4 is 0 Å². The molecule has 1 heterocycles. The van der Waals surface area contributed by atoms with E-state index in [1.807, 2.05) is 11.7 Å². The van der Waals surface area contributed by atoms with E-state index in [2.05, 4.69) is 30.8 Å². The van der Waals surface area contributed by atoms with Gasteiger partial charge in [0.2, 0.25) is 0 Å². The molecule has 1 rings (SSSR count). The van der Waals surface area contributed by atoms with Gasteiger partial charge >= 0.3 is 0 Å². The van der Waals surface area contributed by atoms with Crippen LogP contribution >= 0.6 is 11.6 Å². The quantitative estimate of drug-likeness (QED) is 0.828. The highest BCUT2D eigenvalue weighted by molar-refractivity contribution is 6.31. The average molecular weight is 274 g/mol. The molecule has 0 fully saturated rings. The van der Waals surface area contributed by atoms with Crippen molar-refractivity contribution >= 4 is 11.6 Å². The first kappa shape index (κ1) is 15.5. The van der Waals surface area contributed by atoms with Crippen molar-refractivity contribution in [1.82, 2.24) is 14.7 Å². The zero-order chi connectivity index (χ0) is 13.7. The lowest BCUT2D eigenvalue weighted by Crippen LogP contribution is -2.32. The van der Waals surface area contributed by atoms with Crippen LogP contribution in [0, 0.1) is 0 Å². The number of nitrogens with zero attached hydrogens (tertiary/aromatic N) is 3. The summed E-state index contributed by atoms with van der Waals surface area (Å²) in [6.45, 7) is 8.24. The van der Waals surface area contributed by atoms with Crippen molar-refractivity contribution < 1.29 is 5.11 Å². The van der Waals surface area contributed by atoms with Gasteiger partial charge in [-0.15, -0.1) is 0 Å². The van der Waals surface area contributed by atoms with Gasteiger partial charge in [-0.3, -0.25) is 9.58 Å². The number of aromatic nitrogens is 2. The predicted molar refractivity (Wildman–Crippen MR) is 74.8 cm³/mol. The number of rotatable bonds is 7. The first-order chi connectivity index (χ1) is 8.51. The second kappa shape index (κ2) is 7.12. The molecule has 0 amide bonds. The highest BCUT2D eigenvalue weighted by Crippen LogP contribution is 2.22. The highest BCUT2D eigenvalue weighted by atomic mass is 35.5. The summed E-state index contributed by atoms with van der Waals surface area (Å²) in [5, 5.41) is 14.2. The number of hydrogen-bond donors (Lipinski definition) is 1. The molecule has 0 saturated heterocycles. The molecule has 0 radical (unpaired) electrons. The molecular formula is C13H24ClN3O. The van der Waals surface area contributed by atoms with Crippen molar-refractivity contribution in [1.29, 1.82) is 0 Å². The number of halogens is 1. The molecule has 0 aliphatic rings. The topological polar surface area (TPSA) is 41.3 Å². The molecule has 5 heteroatoms. The Morgan fingerprint density at radius 1 is 1.44 bits per heavy atom. The number of hydrogen-bond acceptors (Lipinski definition) is 3. The van der Waals surface area contributed by atoms with Gasteiger partial charge in [-0.2, -0.15) is 5.10 Å². The lowest BCUT2D eigenvalue weighted by molar-refractivity contribution is 0.181. The lowest BCUT2D eigenvalue weighted by Gasteiger charge is -2.26. The summed E-state index contributed by atoms with van der Waals surface area (Å²) in [7, 11) is 1.94. The molecule has 1 aromatic rings. The van der Waals surface area contributed by atoms with E-state index in [0.717, 1.165) is 42.3 Å². The molecule has 0 spiro atoms. The second-order valence-electron chi connectivity index (χ2n) is 4.83. The molecule has 0 aromatic carbocycles. The van der Waals surface area contributed by atoms with Crippen LogP contribution in [0.15, 0.2) is 0 Å². The minimum atomic E-state index is 0.225. The molecule has 18 heavy (non-hydrogen) atoms. The largest absolute Gasteiger partial charge is 0.396 e. The molecule has 0 bridgehead atoms. The molecule has 104 valence electrons. The van der Waals surface area contributed by atoms with Crippen LogP contribution in [0.25, 0.3) is 0 Å². The zero-order valence-corrected chi connectivity index (χ0v) is 12.5. The Morgan fingerprint density at radius 3 is 2.56 bits per heavy atom. The molecule has 0 unspecified atom stereocenters. The Bertz CT molecular complexity index is 377. The average Bonchev–Trinajstić information content (AvgIpc) is 2.60. The number of aryl methyl sites for hydroxylation is 2. The van der Waals surface area contributed by atoms with Gasteiger partial charge < -0.3 is 5.11 Å². The Balaban J connectivity index is 2.83. The lowest BCUT2D eigenvalue weighted by atomic mass is 10.2. The van der Waals surface area contributed by atoms with E-state index in [1.54, 1.807) is 0 Å². The maximum atomic E-state index is 8.94. The molecule has 0 atom stereocenters. The van der Waals surface area contributed by atoms with E-state index in [4.69, 9.17) is 16.7 Å². The zero-order valence-electron chi connectivity index (χ0n) is 11.8. The maximum Gasteiger partial charge on any atom is 0.0863 e. The Labute approximate surface area is 115 Å². The van der Waals surface area contributed by atoms with Crippen LogP contribution in [0.5, 0.6) is 0 Å². The van der Waals surface area contributed by atoms with E-state index in [-0.39, 0.29) is 6.61 Å². The number of aliphatic hydroxyl groups excluding tert-OH is 1. The van der Waals surface area contributed by atoms with Crippen LogP contribution in [-0.2, 0) is 20.0 Å². The van der Waals surface area contributed by atoms with Crippen LogP contribution in [0.4, 0.5) is 0 Å². The fraction of sp³-hybridized carbons (Fsp3) is 0.769. The van der Waals surface area contributed by atoms with Gasteiger partial charge in [0.1, 0.15) is 0 Å². The predicted octanol–water partition coefficient (Wildman–Crippen LogP) is 2.23. The normalized spacial score (nSPS) is 11.8. The van der Waals surface area contributed by atoms with E-state index in [0.29, 0.717) is 6.04 Å². The monoisotopic (exact) mass is 273 g/mol. The highest BCUT2D eigenvalue weighted by Gasteiger charge is 2.17. The van der Waals surface area contributed by atoms with Gasteiger partial charge in [-0.1, -0.05) is 18.5 Å². The third-order valence-corrected chi connectivity index (χ3v) is 3.63. The Hall–Kier alpha value is -0.580. The Kier molecular flexibility index (Phi) is 6.12. The smallest absolute Gasteiger partial charge is 0.0863 e. The van der Waals surface area contributed by atoms with Gasteiger partial charge in [0.05, 0.1) is 16.4 Å². The van der Waals surface area contributed by atoms with Crippen molar-refractivity contribution in [3.63, 3.8) is 0 Å². The third-order valence-electron chi connectivity index (χ3n) is 3.19. The van der Waals surface area contributed by atoms with Crippen LogP contribution in [0.3, 0.4) is 0 Å². The SMILES string of the molecule is CCc1nn(C)c(CN(CCCO)C(C)C)c1Cl. The van der Waals surface area contributed by atoms with E-state index >= 15 is 0 Å². The van der Waals surface area contributed by atoms with Crippen LogP contribution in [0.2, 0.25) is 5.02 Å². The number of aliphatic hydroxyl groups is 1. The van der Waals surface area contributed by atoms with Gasteiger partial charge in [0.25, 0.3) is 0 Å². The molecule has 0 saturated carbocycles. The van der Waals surface area contributed by atoms with Gasteiger partial charge in [-0.25, -0.2) is 0 Å². The van der Waals surface area contributed by atoms with Gasteiger partial charge in [0.15, 0.2) is 0 Å². The van der Waals surface area contributed by atoms with E-state index in [1.165, 1.54) is 0 Å². The first-order valence-corrected chi connectivity index (χ1v) is 6.94. The molecule has 4 nitrogen and oxygen atoms in total. The van der Waals surface area contributed by atoms with E-state index < -0.39 is 0 Å². The van der Waals surface area contributed by atoms with Crippen molar-refractivity contribution in [3.05, 3.63) is 16.4 Å². The van der Waals surface area contributed by atoms with Crippen molar-refractivity contribution in [2.45, 2.75) is 46.2 Å². The second-order valence-corrected chi connectivity index (χ2v) is 5.20. The summed E-state index contributed by atoms with van der Waals surface area (Å²) in [6, 6.07) is 0.424. The third kappa shape index (κ3) is 3.70. The Morgan fingerprint density at radius 2 is 2.11 bits per heavy atom. The fourth-order valence-corrected chi connectivity index (χ4v) is 2.33. The van der Waals surface area contributed by atoms with Crippen LogP contribution in [-0.4, -0.2) is 39.0 Å². The van der Waals surface area contributed by atoms with Gasteiger partial charge in [-0.05, 0) is 26.7 Å². The minimum Gasteiger partial charge on any atom is -0.396 e. The van der Waals surface area contributed by atoms with Crippen molar-refractivity contribution in [3.8, 4) is 0 Å². The molecule has 0 aliphatic heterocycles. The molecule has 1 aromatic heterocycles. The standard InChI is InChI=1S/C13H24ClN3O/c1-5-11-13(14)12(16(4)15-11)9-17(10(2)3)7-6-8-18/h10,18H,5-9H2,1-4H3. The van der Waals surface area contributed by atoms with Crippen molar-refractivity contribution in [2.24, 2.45) is 7.05 Å². The molecular weight excluding hydrogens is 250 g/mol. The summed E-state index contributed by atoms with van der Waals surface area (Å²) < 4.78 is 1.87. The summed E-state index contributed by atoms with van der Waals surface area (Å²) in [6.07, 6.45) is 1.64. The molecule has 0 aliphatic carbocycles. The first-order valence-electron chi connectivity index (χ1n) is 6.56. The van der Waals surface area contributed by atoms with Crippen LogP contribution in [0.1, 0.15) is 38.6 Å². The summed E-state index contributed by atoms with van der Waals surface area (Å²) in [4.78, 5) is 2.30. The summed E-state index contributed by atoms with van der Waals surface area (Å²) >= 11 is 6.35. The minimum absolute atomic E-state index is 0.225. The van der Waals surface area contributed by atoms with Gasteiger partial charge in [0, 0.05) is 32.8 Å². The maximum absolute atomic E-state index is 8.94. The summed E-state index contributed by atoms with van der Waals surface area (Å²) in [5.74, 6) is 0.